The van der Waals surface area contributed by atoms with E-state index in [9.17, 15) is 8.42 Å². The van der Waals surface area contributed by atoms with Gasteiger partial charge >= 0.3 is 0 Å². The van der Waals surface area contributed by atoms with E-state index in [1.807, 2.05) is 13.0 Å². The Morgan fingerprint density at radius 2 is 2.07 bits per heavy atom. The number of rotatable bonds is 2. The van der Waals surface area contributed by atoms with Crippen LogP contribution in [0.2, 0.25) is 0 Å². The Hall–Kier alpha value is -1.05. The second-order valence-electron chi connectivity index (χ2n) is 3.17. The third-order valence-corrected chi connectivity index (χ3v) is 3.54. The SMILES string of the molecule is CCc1c(C)cc(S(=O)(=O)Cl)cc1C#N. The van der Waals surface area contributed by atoms with Crippen LogP contribution in [-0.4, -0.2) is 8.42 Å². The molecule has 1 rings (SSSR count). The summed E-state index contributed by atoms with van der Waals surface area (Å²) >= 11 is 0. The van der Waals surface area contributed by atoms with Crippen LogP contribution in [0.5, 0.6) is 0 Å². The number of nitriles is 1. The van der Waals surface area contributed by atoms with Crippen molar-refractivity contribution in [3.63, 3.8) is 0 Å². The molecule has 5 heteroatoms. The van der Waals surface area contributed by atoms with Crippen molar-refractivity contribution in [1.29, 1.82) is 5.26 Å². The first-order valence-corrected chi connectivity index (χ1v) is 6.69. The van der Waals surface area contributed by atoms with Gasteiger partial charge in [0.2, 0.25) is 0 Å². The summed E-state index contributed by atoms with van der Waals surface area (Å²) in [5.41, 5.74) is 2.01. The molecular formula is C10H10ClNO2S. The van der Waals surface area contributed by atoms with Gasteiger partial charge in [-0.15, -0.1) is 0 Å². The summed E-state index contributed by atoms with van der Waals surface area (Å²) in [4.78, 5) is -0.0181. The number of hydrogen-bond donors (Lipinski definition) is 0. The summed E-state index contributed by atoms with van der Waals surface area (Å²) in [6.45, 7) is 3.68. The maximum absolute atomic E-state index is 11.1. The minimum atomic E-state index is -3.76. The van der Waals surface area contributed by atoms with Gasteiger partial charge in [-0.2, -0.15) is 5.26 Å². The molecule has 0 aliphatic carbocycles. The van der Waals surface area contributed by atoms with Gasteiger partial charge in [-0.05, 0) is 36.6 Å². The van der Waals surface area contributed by atoms with E-state index < -0.39 is 9.05 Å². The van der Waals surface area contributed by atoms with Gasteiger partial charge in [-0.25, -0.2) is 8.42 Å². The zero-order valence-corrected chi connectivity index (χ0v) is 9.98. The monoisotopic (exact) mass is 243 g/mol. The molecule has 0 heterocycles. The first-order chi connectivity index (χ1) is 6.90. The van der Waals surface area contributed by atoms with Gasteiger partial charge in [-0.1, -0.05) is 6.92 Å². The molecule has 0 spiro atoms. The summed E-state index contributed by atoms with van der Waals surface area (Å²) < 4.78 is 22.2. The van der Waals surface area contributed by atoms with Crippen molar-refractivity contribution in [2.75, 3.05) is 0 Å². The van der Waals surface area contributed by atoms with Crippen molar-refractivity contribution in [3.8, 4) is 6.07 Å². The van der Waals surface area contributed by atoms with Crippen molar-refractivity contribution in [2.24, 2.45) is 0 Å². The number of nitrogens with zero attached hydrogens (tertiary/aromatic N) is 1. The smallest absolute Gasteiger partial charge is 0.207 e. The molecule has 0 saturated carbocycles. The van der Waals surface area contributed by atoms with Crippen LogP contribution in [0.15, 0.2) is 17.0 Å². The predicted octanol–water partition coefficient (Wildman–Crippen LogP) is 2.36. The maximum Gasteiger partial charge on any atom is 0.261 e. The maximum atomic E-state index is 11.1. The lowest BCUT2D eigenvalue weighted by Gasteiger charge is -2.07. The Bertz CT molecular complexity index is 529. The molecule has 80 valence electrons. The predicted molar refractivity (Wildman–Crippen MR) is 58.3 cm³/mol. The average Bonchev–Trinajstić information content (AvgIpc) is 2.15. The highest BCUT2D eigenvalue weighted by Crippen LogP contribution is 2.22. The molecule has 0 aliphatic rings. The van der Waals surface area contributed by atoms with Gasteiger partial charge in [0.1, 0.15) is 0 Å². The molecule has 1 aromatic carbocycles. The number of halogens is 1. The molecule has 0 atom stereocenters. The van der Waals surface area contributed by atoms with Crippen molar-refractivity contribution in [1.82, 2.24) is 0 Å². The molecular weight excluding hydrogens is 234 g/mol. The molecule has 1 aromatic rings. The lowest BCUT2D eigenvalue weighted by atomic mass is 10.0. The van der Waals surface area contributed by atoms with E-state index in [1.165, 1.54) is 12.1 Å². The first kappa shape index (κ1) is 12.0. The highest BCUT2D eigenvalue weighted by atomic mass is 35.7. The fraction of sp³-hybridized carbons (Fsp3) is 0.300. The van der Waals surface area contributed by atoms with Crippen molar-refractivity contribution in [2.45, 2.75) is 25.2 Å². The van der Waals surface area contributed by atoms with E-state index in [0.29, 0.717) is 12.0 Å². The zero-order chi connectivity index (χ0) is 11.6. The molecule has 0 N–H and O–H groups in total. The Labute approximate surface area is 93.7 Å². The second kappa shape index (κ2) is 4.21. The number of aryl methyl sites for hydroxylation is 1. The fourth-order valence-corrected chi connectivity index (χ4v) is 2.34. The van der Waals surface area contributed by atoms with Crippen molar-refractivity contribution >= 4 is 19.7 Å². The first-order valence-electron chi connectivity index (χ1n) is 4.38. The van der Waals surface area contributed by atoms with E-state index in [-0.39, 0.29) is 4.90 Å². The van der Waals surface area contributed by atoms with E-state index in [4.69, 9.17) is 15.9 Å². The molecule has 0 radical (unpaired) electrons. The van der Waals surface area contributed by atoms with Gasteiger partial charge in [0.05, 0.1) is 16.5 Å². The number of benzene rings is 1. The average molecular weight is 244 g/mol. The van der Waals surface area contributed by atoms with Crippen LogP contribution in [0.1, 0.15) is 23.6 Å². The molecule has 0 aromatic heterocycles. The lowest BCUT2D eigenvalue weighted by molar-refractivity contribution is 0.609. The Morgan fingerprint density at radius 3 is 2.47 bits per heavy atom. The molecule has 0 unspecified atom stereocenters. The van der Waals surface area contributed by atoms with Crippen LogP contribution < -0.4 is 0 Å². The largest absolute Gasteiger partial charge is 0.261 e. The second-order valence-corrected chi connectivity index (χ2v) is 5.74. The van der Waals surface area contributed by atoms with Gasteiger partial charge in [0.25, 0.3) is 9.05 Å². The van der Waals surface area contributed by atoms with Crippen molar-refractivity contribution in [3.05, 3.63) is 28.8 Å². The van der Waals surface area contributed by atoms with Crippen LogP contribution >= 0.6 is 10.7 Å². The lowest BCUT2D eigenvalue weighted by Crippen LogP contribution is -1.98. The number of hydrogen-bond acceptors (Lipinski definition) is 3. The molecule has 0 bridgehead atoms. The van der Waals surface area contributed by atoms with Crippen LogP contribution in [0.3, 0.4) is 0 Å². The summed E-state index contributed by atoms with van der Waals surface area (Å²) in [6, 6.07) is 4.78. The van der Waals surface area contributed by atoms with Crippen LogP contribution in [0, 0.1) is 18.3 Å². The highest BCUT2D eigenvalue weighted by molar-refractivity contribution is 8.13. The Balaban J connectivity index is 3.55. The summed E-state index contributed by atoms with van der Waals surface area (Å²) in [5, 5.41) is 8.88. The zero-order valence-electron chi connectivity index (χ0n) is 8.41. The molecule has 0 fully saturated rings. The highest BCUT2D eigenvalue weighted by Gasteiger charge is 2.14. The van der Waals surface area contributed by atoms with Gasteiger partial charge in [-0.3, -0.25) is 0 Å². The van der Waals surface area contributed by atoms with Crippen molar-refractivity contribution < 1.29 is 8.42 Å². The van der Waals surface area contributed by atoms with E-state index in [0.717, 1.165) is 11.1 Å². The van der Waals surface area contributed by atoms with E-state index >= 15 is 0 Å². The van der Waals surface area contributed by atoms with Crippen LogP contribution in [-0.2, 0) is 15.5 Å². The summed E-state index contributed by atoms with van der Waals surface area (Å²) in [7, 11) is 1.46. The summed E-state index contributed by atoms with van der Waals surface area (Å²) in [5.74, 6) is 0. The quantitative estimate of drug-likeness (QED) is 0.750. The third kappa shape index (κ3) is 2.49. The molecule has 0 saturated heterocycles. The van der Waals surface area contributed by atoms with Gasteiger partial charge in [0.15, 0.2) is 0 Å². The molecule has 15 heavy (non-hydrogen) atoms. The third-order valence-electron chi connectivity index (χ3n) is 2.20. The minimum absolute atomic E-state index is 0.0181. The van der Waals surface area contributed by atoms with Gasteiger partial charge < -0.3 is 0 Å². The minimum Gasteiger partial charge on any atom is -0.207 e. The van der Waals surface area contributed by atoms with Crippen LogP contribution in [0.4, 0.5) is 0 Å². The van der Waals surface area contributed by atoms with Crippen LogP contribution in [0.25, 0.3) is 0 Å². The molecule has 0 aliphatic heterocycles. The molecule has 0 amide bonds. The standard InChI is InChI=1S/C10H10ClNO2S/c1-3-10-7(2)4-9(15(11,13)14)5-8(10)6-12/h4-5H,3H2,1-2H3. The van der Waals surface area contributed by atoms with Gasteiger partial charge in [0, 0.05) is 10.7 Å². The van der Waals surface area contributed by atoms with E-state index in [1.54, 1.807) is 6.92 Å². The summed E-state index contributed by atoms with van der Waals surface area (Å²) in [6.07, 6.45) is 0.692. The molecule has 3 nitrogen and oxygen atoms in total. The topological polar surface area (TPSA) is 57.9 Å². The fourth-order valence-electron chi connectivity index (χ4n) is 1.49. The normalized spacial score (nSPS) is 11.1. The van der Waals surface area contributed by atoms with E-state index in [2.05, 4.69) is 0 Å². The Morgan fingerprint density at radius 1 is 1.47 bits per heavy atom. The Kier molecular flexibility index (Phi) is 3.38.